The Labute approximate surface area is 207 Å². The first kappa shape index (κ1) is 24.1. The number of methoxy groups -OCH3 is 1. The molecule has 188 valence electrons. The number of amides is 1. The molecule has 1 amide bonds. The Bertz CT molecular complexity index is 1160. The molecule has 3 aliphatic rings. The van der Waals surface area contributed by atoms with E-state index in [1.54, 1.807) is 31.4 Å². The molecular weight excluding hydrogens is 466 g/mol. The molecule has 0 bridgehead atoms. The molecule has 0 spiro atoms. The quantitative estimate of drug-likeness (QED) is 0.607. The highest BCUT2D eigenvalue weighted by Crippen LogP contribution is 2.28. The maximum atomic E-state index is 13.3. The lowest BCUT2D eigenvalue weighted by Gasteiger charge is -2.38. The van der Waals surface area contributed by atoms with E-state index in [0.29, 0.717) is 31.8 Å². The van der Waals surface area contributed by atoms with Crippen molar-refractivity contribution < 1.29 is 22.7 Å². The van der Waals surface area contributed by atoms with Gasteiger partial charge in [0.05, 0.1) is 24.5 Å². The van der Waals surface area contributed by atoms with Crippen molar-refractivity contribution >= 4 is 15.9 Å². The first-order valence-electron chi connectivity index (χ1n) is 12.3. The van der Waals surface area contributed by atoms with Gasteiger partial charge in [0.25, 0.3) is 0 Å². The molecule has 0 N–H and O–H groups in total. The number of rotatable bonds is 6. The molecule has 2 aromatic rings. The van der Waals surface area contributed by atoms with Crippen LogP contribution >= 0.6 is 0 Å². The van der Waals surface area contributed by atoms with Gasteiger partial charge in [-0.15, -0.1) is 0 Å². The van der Waals surface area contributed by atoms with Crippen LogP contribution in [0.5, 0.6) is 11.5 Å². The standard InChI is InChI=1S/C26H33N3O5S/c1-33-23-5-7-24(8-6-23)35(31,32)29-11-2-3-22(19-29)26(30)28-14-12-27(13-15-28)18-20-4-9-25-21(17-20)10-16-34-25/h4-9,17,22H,2-3,10-16,18-19H2,1H3/t22-/m0/s1. The van der Waals surface area contributed by atoms with Crippen LogP contribution in [-0.2, 0) is 27.8 Å². The number of carbonyl (C=O) groups excluding carboxylic acids is 1. The van der Waals surface area contributed by atoms with Crippen molar-refractivity contribution in [2.75, 3.05) is 53.0 Å². The maximum absolute atomic E-state index is 13.3. The number of sulfonamides is 1. The van der Waals surface area contributed by atoms with Gasteiger partial charge in [0.1, 0.15) is 11.5 Å². The average Bonchev–Trinajstić information content (AvgIpc) is 3.37. The zero-order chi connectivity index (χ0) is 24.4. The van der Waals surface area contributed by atoms with Gasteiger partial charge in [-0.3, -0.25) is 9.69 Å². The Morgan fingerprint density at radius 1 is 1.06 bits per heavy atom. The molecule has 9 heteroatoms. The van der Waals surface area contributed by atoms with Crippen LogP contribution in [0.3, 0.4) is 0 Å². The fourth-order valence-electron chi connectivity index (χ4n) is 5.24. The summed E-state index contributed by atoms with van der Waals surface area (Å²) in [5.74, 6) is 1.40. The van der Waals surface area contributed by atoms with Gasteiger partial charge in [-0.05, 0) is 54.3 Å². The number of piperazine rings is 1. The van der Waals surface area contributed by atoms with Gasteiger partial charge in [-0.2, -0.15) is 4.31 Å². The minimum Gasteiger partial charge on any atom is -0.497 e. The molecule has 3 heterocycles. The van der Waals surface area contributed by atoms with Crippen molar-refractivity contribution in [1.29, 1.82) is 0 Å². The molecule has 2 saturated heterocycles. The summed E-state index contributed by atoms with van der Waals surface area (Å²) >= 11 is 0. The number of hydrogen-bond donors (Lipinski definition) is 0. The number of hydrogen-bond acceptors (Lipinski definition) is 6. The molecule has 0 saturated carbocycles. The summed E-state index contributed by atoms with van der Waals surface area (Å²) in [7, 11) is -2.09. The first-order chi connectivity index (χ1) is 16.9. The summed E-state index contributed by atoms with van der Waals surface area (Å²) in [5.41, 5.74) is 2.56. The molecular formula is C26H33N3O5S. The second kappa shape index (κ2) is 10.2. The second-order valence-electron chi connectivity index (χ2n) is 9.52. The molecule has 2 aromatic carbocycles. The van der Waals surface area contributed by atoms with E-state index in [2.05, 4.69) is 23.1 Å². The minimum atomic E-state index is -3.64. The van der Waals surface area contributed by atoms with Crippen LogP contribution in [-0.4, -0.2) is 81.4 Å². The molecule has 1 atom stereocenters. The molecule has 0 aromatic heterocycles. The Hall–Kier alpha value is -2.62. The van der Waals surface area contributed by atoms with Gasteiger partial charge in [-0.25, -0.2) is 8.42 Å². The second-order valence-corrected chi connectivity index (χ2v) is 11.5. The summed E-state index contributed by atoms with van der Waals surface area (Å²) in [6.45, 7) is 5.30. The fraction of sp³-hybridized carbons (Fsp3) is 0.500. The molecule has 2 fully saturated rings. The van der Waals surface area contributed by atoms with Gasteiger partial charge >= 0.3 is 0 Å². The van der Waals surface area contributed by atoms with Crippen LogP contribution in [0.4, 0.5) is 0 Å². The number of fused-ring (bicyclic) bond motifs is 1. The molecule has 0 radical (unpaired) electrons. The third-order valence-electron chi connectivity index (χ3n) is 7.27. The zero-order valence-electron chi connectivity index (χ0n) is 20.2. The van der Waals surface area contributed by atoms with Crippen LogP contribution in [0.25, 0.3) is 0 Å². The van der Waals surface area contributed by atoms with Crippen molar-refractivity contribution in [1.82, 2.24) is 14.1 Å². The fourth-order valence-corrected chi connectivity index (χ4v) is 6.76. The van der Waals surface area contributed by atoms with E-state index in [1.807, 2.05) is 4.90 Å². The third kappa shape index (κ3) is 5.17. The maximum Gasteiger partial charge on any atom is 0.243 e. The lowest BCUT2D eigenvalue weighted by Crippen LogP contribution is -2.52. The van der Waals surface area contributed by atoms with E-state index in [4.69, 9.17) is 9.47 Å². The van der Waals surface area contributed by atoms with E-state index < -0.39 is 10.0 Å². The summed E-state index contributed by atoms with van der Waals surface area (Å²) in [4.78, 5) is 17.8. The lowest BCUT2D eigenvalue weighted by molar-refractivity contribution is -0.138. The van der Waals surface area contributed by atoms with E-state index in [1.165, 1.54) is 15.4 Å². The van der Waals surface area contributed by atoms with E-state index in [-0.39, 0.29) is 23.3 Å². The molecule has 5 rings (SSSR count). The predicted octanol–water partition coefficient (Wildman–Crippen LogP) is 2.38. The van der Waals surface area contributed by atoms with Crippen molar-refractivity contribution in [2.45, 2.75) is 30.7 Å². The molecule has 3 aliphatic heterocycles. The number of piperidine rings is 1. The number of ether oxygens (including phenoxy) is 2. The van der Waals surface area contributed by atoms with Gasteiger partial charge in [0, 0.05) is 52.2 Å². The molecule has 0 unspecified atom stereocenters. The predicted molar refractivity (Wildman–Crippen MR) is 132 cm³/mol. The Morgan fingerprint density at radius 2 is 1.83 bits per heavy atom. The van der Waals surface area contributed by atoms with Crippen molar-refractivity contribution in [3.05, 3.63) is 53.6 Å². The van der Waals surface area contributed by atoms with Gasteiger partial charge in [0.15, 0.2) is 0 Å². The normalized spacial score (nSPS) is 21.4. The van der Waals surface area contributed by atoms with Crippen LogP contribution in [0.1, 0.15) is 24.0 Å². The van der Waals surface area contributed by atoms with Gasteiger partial charge in [-0.1, -0.05) is 12.1 Å². The molecule has 8 nitrogen and oxygen atoms in total. The van der Waals surface area contributed by atoms with E-state index in [0.717, 1.165) is 44.8 Å². The zero-order valence-corrected chi connectivity index (χ0v) is 21.0. The van der Waals surface area contributed by atoms with Crippen LogP contribution < -0.4 is 9.47 Å². The van der Waals surface area contributed by atoms with E-state index in [9.17, 15) is 13.2 Å². The summed E-state index contributed by atoms with van der Waals surface area (Å²) < 4.78 is 38.5. The third-order valence-corrected chi connectivity index (χ3v) is 9.15. The van der Waals surface area contributed by atoms with Crippen LogP contribution in [0, 0.1) is 5.92 Å². The number of carbonyl (C=O) groups is 1. The smallest absolute Gasteiger partial charge is 0.243 e. The van der Waals surface area contributed by atoms with Gasteiger partial charge in [0.2, 0.25) is 15.9 Å². The highest BCUT2D eigenvalue weighted by Gasteiger charge is 2.36. The number of nitrogens with zero attached hydrogens (tertiary/aromatic N) is 3. The van der Waals surface area contributed by atoms with Gasteiger partial charge < -0.3 is 14.4 Å². The average molecular weight is 500 g/mol. The van der Waals surface area contributed by atoms with Crippen LogP contribution in [0.2, 0.25) is 0 Å². The highest BCUT2D eigenvalue weighted by molar-refractivity contribution is 7.89. The monoisotopic (exact) mass is 499 g/mol. The Kier molecular flexibility index (Phi) is 7.00. The summed E-state index contributed by atoms with van der Waals surface area (Å²) in [6, 6.07) is 12.8. The Balaban J connectivity index is 1.16. The van der Waals surface area contributed by atoms with Crippen LogP contribution in [0.15, 0.2) is 47.4 Å². The Morgan fingerprint density at radius 3 is 2.57 bits per heavy atom. The topological polar surface area (TPSA) is 79.4 Å². The number of benzene rings is 2. The minimum absolute atomic E-state index is 0.0777. The molecule has 0 aliphatic carbocycles. The van der Waals surface area contributed by atoms with Crippen molar-refractivity contribution in [3.63, 3.8) is 0 Å². The van der Waals surface area contributed by atoms with E-state index >= 15 is 0 Å². The lowest BCUT2D eigenvalue weighted by atomic mass is 9.97. The SMILES string of the molecule is COc1ccc(S(=O)(=O)N2CCC[C@H](C(=O)N3CCN(Cc4ccc5c(c4)CCO5)CC3)C2)cc1. The summed E-state index contributed by atoms with van der Waals surface area (Å²) in [6.07, 6.45) is 2.39. The highest BCUT2D eigenvalue weighted by atomic mass is 32.2. The van der Waals surface area contributed by atoms with Crippen molar-refractivity contribution in [2.24, 2.45) is 5.92 Å². The largest absolute Gasteiger partial charge is 0.497 e. The molecule has 35 heavy (non-hydrogen) atoms. The summed E-state index contributed by atoms with van der Waals surface area (Å²) in [5, 5.41) is 0. The van der Waals surface area contributed by atoms with Crippen molar-refractivity contribution in [3.8, 4) is 11.5 Å². The first-order valence-corrected chi connectivity index (χ1v) is 13.8.